The molecule has 0 saturated heterocycles. The molecule has 1 aromatic heterocycles. The van der Waals surface area contributed by atoms with Gasteiger partial charge < -0.3 is 4.90 Å². The minimum atomic E-state index is -0.416. The fourth-order valence-electron chi connectivity index (χ4n) is 1.91. The van der Waals surface area contributed by atoms with E-state index in [1.165, 1.54) is 6.07 Å². The summed E-state index contributed by atoms with van der Waals surface area (Å²) < 4.78 is 0. The largest absolute Gasteiger partial charge is 0.373 e. The van der Waals surface area contributed by atoms with Gasteiger partial charge in [-0.15, -0.1) is 11.3 Å². The first kappa shape index (κ1) is 14.7. The van der Waals surface area contributed by atoms with Gasteiger partial charge in [-0.1, -0.05) is 11.6 Å². The van der Waals surface area contributed by atoms with Crippen LogP contribution in [0.5, 0.6) is 0 Å². The minimum absolute atomic E-state index is 0.0482. The second-order valence-corrected chi connectivity index (χ2v) is 5.83. The molecule has 0 saturated carbocycles. The van der Waals surface area contributed by atoms with Gasteiger partial charge in [0, 0.05) is 43.2 Å². The second-order valence-electron chi connectivity index (χ2n) is 4.44. The van der Waals surface area contributed by atoms with E-state index in [2.05, 4.69) is 4.98 Å². The molecule has 20 heavy (non-hydrogen) atoms. The van der Waals surface area contributed by atoms with Crippen molar-refractivity contribution in [1.29, 1.82) is 0 Å². The van der Waals surface area contributed by atoms with Gasteiger partial charge in [0.05, 0.1) is 20.6 Å². The summed E-state index contributed by atoms with van der Waals surface area (Å²) in [5, 5.41) is 14.3. The molecule has 5 nitrogen and oxygen atoms in total. The van der Waals surface area contributed by atoms with E-state index in [9.17, 15) is 10.1 Å². The first-order valence-electron chi connectivity index (χ1n) is 6.03. The molecule has 106 valence electrons. The number of aromatic nitrogens is 1. The first-order valence-corrected chi connectivity index (χ1v) is 7.29. The Bertz CT molecular complexity index is 616. The van der Waals surface area contributed by atoms with Gasteiger partial charge in [0.25, 0.3) is 5.69 Å². The van der Waals surface area contributed by atoms with Gasteiger partial charge in [-0.05, 0) is 13.0 Å². The summed E-state index contributed by atoms with van der Waals surface area (Å²) in [6.45, 7) is 2.47. The van der Waals surface area contributed by atoms with Crippen LogP contribution in [-0.4, -0.2) is 23.5 Å². The maximum absolute atomic E-state index is 10.9. The van der Waals surface area contributed by atoms with Gasteiger partial charge in [-0.25, -0.2) is 4.98 Å². The summed E-state index contributed by atoms with van der Waals surface area (Å²) in [6, 6.07) is 3.16. The molecule has 0 spiro atoms. The Hall–Kier alpha value is -1.66. The van der Waals surface area contributed by atoms with Crippen LogP contribution in [0.25, 0.3) is 0 Å². The van der Waals surface area contributed by atoms with Crippen molar-refractivity contribution in [3.8, 4) is 0 Å². The SMILES string of the molecule is Cc1cc(N(C)CCc2nccs2)c(Cl)cc1[N+](=O)[O-]. The smallest absolute Gasteiger partial charge is 0.273 e. The Morgan fingerprint density at radius 3 is 2.85 bits per heavy atom. The number of nitro groups is 1. The van der Waals surface area contributed by atoms with Crippen molar-refractivity contribution in [2.24, 2.45) is 0 Å². The number of halogens is 1. The van der Waals surface area contributed by atoms with Crippen LogP contribution in [0.15, 0.2) is 23.7 Å². The molecular formula is C13H14ClN3O2S. The average molecular weight is 312 g/mol. The van der Waals surface area contributed by atoms with Crippen LogP contribution in [0.3, 0.4) is 0 Å². The zero-order valence-electron chi connectivity index (χ0n) is 11.2. The zero-order chi connectivity index (χ0) is 14.7. The number of anilines is 1. The van der Waals surface area contributed by atoms with Crippen LogP contribution in [0.1, 0.15) is 10.6 Å². The van der Waals surface area contributed by atoms with Crippen molar-refractivity contribution in [1.82, 2.24) is 4.98 Å². The lowest BCUT2D eigenvalue weighted by atomic mass is 10.1. The molecule has 0 amide bonds. The van der Waals surface area contributed by atoms with Gasteiger partial charge >= 0.3 is 0 Å². The Kier molecular flexibility index (Phi) is 4.57. The molecule has 1 aromatic carbocycles. The molecule has 0 radical (unpaired) electrons. The Morgan fingerprint density at radius 1 is 1.50 bits per heavy atom. The normalized spacial score (nSPS) is 10.6. The van der Waals surface area contributed by atoms with Gasteiger partial charge in [-0.3, -0.25) is 10.1 Å². The monoisotopic (exact) mass is 311 g/mol. The van der Waals surface area contributed by atoms with Crippen molar-refractivity contribution in [2.45, 2.75) is 13.3 Å². The average Bonchev–Trinajstić information content (AvgIpc) is 2.91. The fourth-order valence-corrected chi connectivity index (χ4v) is 2.82. The molecule has 0 unspecified atom stereocenters. The van der Waals surface area contributed by atoms with Gasteiger partial charge in [0.1, 0.15) is 0 Å². The molecular weight excluding hydrogens is 298 g/mol. The Morgan fingerprint density at radius 2 is 2.25 bits per heavy atom. The zero-order valence-corrected chi connectivity index (χ0v) is 12.7. The summed E-state index contributed by atoms with van der Waals surface area (Å²) in [7, 11) is 1.92. The highest BCUT2D eigenvalue weighted by molar-refractivity contribution is 7.09. The van der Waals surface area contributed by atoms with Crippen molar-refractivity contribution in [3.05, 3.63) is 49.4 Å². The molecule has 2 aromatic rings. The van der Waals surface area contributed by atoms with Gasteiger partial charge in [-0.2, -0.15) is 0 Å². The number of benzene rings is 1. The summed E-state index contributed by atoms with van der Waals surface area (Å²) >= 11 is 7.76. The summed E-state index contributed by atoms with van der Waals surface area (Å²) in [4.78, 5) is 16.7. The van der Waals surface area contributed by atoms with Crippen LogP contribution in [0, 0.1) is 17.0 Å². The predicted molar refractivity (Wildman–Crippen MR) is 81.9 cm³/mol. The third-order valence-electron chi connectivity index (χ3n) is 3.02. The highest BCUT2D eigenvalue weighted by Crippen LogP contribution is 2.32. The number of likely N-dealkylation sites (N-methyl/N-ethyl adjacent to an activating group) is 1. The highest BCUT2D eigenvalue weighted by Gasteiger charge is 2.16. The van der Waals surface area contributed by atoms with Gasteiger partial charge in [0.15, 0.2) is 0 Å². The van der Waals surface area contributed by atoms with Crippen LogP contribution in [0.2, 0.25) is 5.02 Å². The molecule has 0 N–H and O–H groups in total. The lowest BCUT2D eigenvalue weighted by Crippen LogP contribution is -2.20. The van der Waals surface area contributed by atoms with Crippen LogP contribution < -0.4 is 4.90 Å². The third-order valence-corrected chi connectivity index (χ3v) is 4.16. The number of hydrogen-bond acceptors (Lipinski definition) is 5. The van der Waals surface area contributed by atoms with E-state index in [1.54, 1.807) is 30.5 Å². The maximum atomic E-state index is 10.9. The van der Waals surface area contributed by atoms with Crippen molar-refractivity contribution < 1.29 is 4.92 Å². The van der Waals surface area contributed by atoms with Crippen molar-refractivity contribution in [2.75, 3.05) is 18.5 Å². The Balaban J connectivity index is 2.15. The summed E-state index contributed by atoms with van der Waals surface area (Å²) in [5.41, 5.74) is 1.45. The second kappa shape index (κ2) is 6.19. The van der Waals surface area contributed by atoms with E-state index in [0.717, 1.165) is 23.7 Å². The first-order chi connectivity index (χ1) is 9.49. The van der Waals surface area contributed by atoms with E-state index in [4.69, 9.17) is 11.6 Å². The fraction of sp³-hybridized carbons (Fsp3) is 0.308. The number of hydrogen-bond donors (Lipinski definition) is 0. The quantitative estimate of drug-likeness (QED) is 0.624. The molecule has 0 fully saturated rings. The molecule has 0 aliphatic heterocycles. The van der Waals surface area contributed by atoms with Crippen LogP contribution >= 0.6 is 22.9 Å². The maximum Gasteiger partial charge on any atom is 0.273 e. The molecule has 1 heterocycles. The third kappa shape index (κ3) is 3.26. The number of nitro benzene ring substituents is 1. The van der Waals surface area contributed by atoms with Crippen molar-refractivity contribution in [3.63, 3.8) is 0 Å². The van der Waals surface area contributed by atoms with Crippen LogP contribution in [-0.2, 0) is 6.42 Å². The number of aryl methyl sites for hydroxylation is 1. The predicted octanol–water partition coefficient (Wildman–Crippen LogP) is 3.69. The molecule has 0 aliphatic carbocycles. The van der Waals surface area contributed by atoms with Crippen molar-refractivity contribution >= 4 is 34.3 Å². The summed E-state index contributed by atoms with van der Waals surface area (Å²) in [5.74, 6) is 0. The molecule has 0 atom stereocenters. The number of nitrogens with zero attached hydrogens (tertiary/aromatic N) is 3. The van der Waals surface area contributed by atoms with E-state index in [-0.39, 0.29) is 5.69 Å². The van der Waals surface area contributed by atoms with Crippen LogP contribution in [0.4, 0.5) is 11.4 Å². The molecule has 0 aliphatic rings. The Labute approximate surface area is 126 Å². The molecule has 7 heteroatoms. The van der Waals surface area contributed by atoms with E-state index < -0.39 is 4.92 Å². The van der Waals surface area contributed by atoms with Gasteiger partial charge in [0.2, 0.25) is 0 Å². The topological polar surface area (TPSA) is 59.3 Å². The molecule has 0 bridgehead atoms. The standard InChI is InChI=1S/C13H14ClN3O2S/c1-9-7-12(10(14)8-11(9)17(18)19)16(2)5-3-13-15-4-6-20-13/h4,6-8H,3,5H2,1-2H3. The summed E-state index contributed by atoms with van der Waals surface area (Å²) in [6.07, 6.45) is 2.60. The van der Waals surface area contributed by atoms with E-state index >= 15 is 0 Å². The number of rotatable bonds is 5. The number of thiazole rings is 1. The minimum Gasteiger partial charge on any atom is -0.373 e. The lowest BCUT2D eigenvalue weighted by Gasteiger charge is -2.20. The lowest BCUT2D eigenvalue weighted by molar-refractivity contribution is -0.385. The van der Waals surface area contributed by atoms with E-state index in [0.29, 0.717) is 10.6 Å². The van der Waals surface area contributed by atoms with E-state index in [1.807, 2.05) is 17.3 Å². The highest BCUT2D eigenvalue weighted by atomic mass is 35.5. The molecule has 2 rings (SSSR count).